The van der Waals surface area contributed by atoms with E-state index in [1.807, 2.05) is 0 Å². The highest BCUT2D eigenvalue weighted by molar-refractivity contribution is 4.59. The van der Waals surface area contributed by atoms with Gasteiger partial charge in [0.25, 0.3) is 0 Å². The van der Waals surface area contributed by atoms with E-state index in [0.29, 0.717) is 0 Å². The Kier molecular flexibility index (Phi) is 0.810. The summed E-state index contributed by atoms with van der Waals surface area (Å²) in [5.41, 5.74) is 0. The van der Waals surface area contributed by atoms with E-state index in [-0.39, 0.29) is 6.40 Å². The van der Waals surface area contributed by atoms with Gasteiger partial charge in [0, 0.05) is 1.37 Å². The minimum Gasteiger partial charge on any atom is -0.306 e. The topological polar surface area (TPSA) is 3.24 Å². The average molecular weight is 86.2 g/mol. The first-order valence-corrected chi connectivity index (χ1v) is 2.40. The summed E-state index contributed by atoms with van der Waals surface area (Å²) < 4.78 is 7.22. The molecule has 0 aliphatic carbocycles. The van der Waals surface area contributed by atoms with Gasteiger partial charge in [-0.15, -0.1) is 0 Å². The van der Waals surface area contributed by atoms with Crippen LogP contribution in [0, 0.1) is 0 Å². The van der Waals surface area contributed by atoms with E-state index in [1.165, 1.54) is 0 Å². The highest BCUT2D eigenvalue weighted by atomic mass is 15.1. The van der Waals surface area contributed by atoms with Crippen LogP contribution in [0.2, 0.25) is 0 Å². The highest BCUT2D eigenvalue weighted by Crippen LogP contribution is 2.01. The molecule has 0 aromatic heterocycles. The number of hydrogen-bond acceptors (Lipinski definition) is 1. The lowest BCUT2D eigenvalue weighted by Gasteiger charge is -2.01. The zero-order valence-electron chi connectivity index (χ0n) is 5.15. The van der Waals surface area contributed by atoms with Crippen LogP contribution in [0.25, 0.3) is 0 Å². The van der Waals surface area contributed by atoms with E-state index in [2.05, 4.69) is 11.9 Å². The predicted molar refractivity (Wildman–Crippen MR) is 26.7 cm³/mol. The van der Waals surface area contributed by atoms with E-state index in [1.54, 1.807) is 0 Å². The van der Waals surface area contributed by atoms with Crippen molar-refractivity contribution in [3.8, 4) is 0 Å². The minimum atomic E-state index is 0.199. The zero-order chi connectivity index (χ0) is 5.28. The number of nitrogens with zero attached hydrogens (tertiary/aromatic N) is 1. The molecule has 0 N–H and O–H groups in total. The van der Waals surface area contributed by atoms with Gasteiger partial charge >= 0.3 is 0 Å². The Hall–Kier alpha value is -0.0400. The van der Waals surface area contributed by atoms with E-state index < -0.39 is 0 Å². The van der Waals surface area contributed by atoms with Gasteiger partial charge in [-0.2, -0.15) is 0 Å². The fraction of sp³-hybridized carbons (Fsp3) is 1.00. The molecule has 0 spiro atoms. The van der Waals surface area contributed by atoms with Crippen molar-refractivity contribution in [3.05, 3.63) is 0 Å². The van der Waals surface area contributed by atoms with Gasteiger partial charge in [-0.1, -0.05) is 0 Å². The molecule has 1 nitrogen and oxygen atoms in total. The van der Waals surface area contributed by atoms with Gasteiger partial charge < -0.3 is 4.90 Å². The van der Waals surface area contributed by atoms with Gasteiger partial charge in [-0.05, 0) is 33.0 Å². The number of rotatable bonds is 0. The van der Waals surface area contributed by atoms with Crippen molar-refractivity contribution in [3.63, 3.8) is 0 Å². The molecule has 1 aliphatic rings. The smallest absolute Gasteiger partial charge is 0.0280 e. The summed E-state index contributed by atoms with van der Waals surface area (Å²) in [6, 6.07) is 0. The quantitative estimate of drug-likeness (QED) is 0.419. The summed E-state index contributed by atoms with van der Waals surface area (Å²) in [6.45, 7) is 2.09. The standard InChI is InChI=1S/C5H11N/c1-6-4-2-3-5-6/h2-5H2,1H3/i2D/t2-/m0/s1. The lowest BCUT2D eigenvalue weighted by Crippen LogP contribution is -2.10. The third kappa shape index (κ3) is 0.716. The SMILES string of the molecule is [2H][C@H]1CCN(C)C1. The van der Waals surface area contributed by atoms with Crippen LogP contribution in [-0.2, 0) is 0 Å². The van der Waals surface area contributed by atoms with Gasteiger partial charge in [0.05, 0.1) is 0 Å². The molecule has 0 bridgehead atoms. The maximum absolute atomic E-state index is 7.22. The van der Waals surface area contributed by atoms with Crippen molar-refractivity contribution < 1.29 is 1.37 Å². The molecule has 0 aromatic rings. The lowest BCUT2D eigenvalue weighted by atomic mass is 10.4. The second-order valence-corrected chi connectivity index (χ2v) is 1.84. The van der Waals surface area contributed by atoms with E-state index in [9.17, 15) is 0 Å². The Morgan fingerprint density at radius 1 is 1.67 bits per heavy atom. The van der Waals surface area contributed by atoms with Gasteiger partial charge in [-0.25, -0.2) is 0 Å². The van der Waals surface area contributed by atoms with E-state index in [0.717, 1.165) is 19.5 Å². The van der Waals surface area contributed by atoms with Crippen molar-refractivity contribution in [1.82, 2.24) is 4.90 Å². The highest BCUT2D eigenvalue weighted by Gasteiger charge is 2.03. The maximum atomic E-state index is 7.22. The molecule has 1 aliphatic heterocycles. The Morgan fingerprint density at radius 2 is 2.50 bits per heavy atom. The molecule has 1 fully saturated rings. The largest absolute Gasteiger partial charge is 0.306 e. The Morgan fingerprint density at radius 3 is 2.67 bits per heavy atom. The molecule has 1 saturated heterocycles. The van der Waals surface area contributed by atoms with Crippen LogP contribution in [0.15, 0.2) is 0 Å². The summed E-state index contributed by atoms with van der Waals surface area (Å²) in [5, 5.41) is 0. The van der Waals surface area contributed by atoms with Gasteiger partial charge in [0.15, 0.2) is 0 Å². The molecule has 1 heterocycles. The molecular weight excluding hydrogens is 74.1 g/mol. The molecular formula is C5H11N. The fourth-order valence-corrected chi connectivity index (χ4v) is 0.715. The van der Waals surface area contributed by atoms with Crippen LogP contribution in [0.3, 0.4) is 0 Å². The molecule has 0 aromatic carbocycles. The van der Waals surface area contributed by atoms with Crippen LogP contribution in [0.1, 0.15) is 14.2 Å². The summed E-state index contributed by atoms with van der Waals surface area (Å²) in [7, 11) is 2.06. The second kappa shape index (κ2) is 1.61. The summed E-state index contributed by atoms with van der Waals surface area (Å²) >= 11 is 0. The molecule has 36 valence electrons. The third-order valence-corrected chi connectivity index (χ3v) is 1.16. The molecule has 0 unspecified atom stereocenters. The maximum Gasteiger partial charge on any atom is 0.0280 e. The Labute approximate surface area is 40.4 Å². The summed E-state index contributed by atoms with van der Waals surface area (Å²) in [5.74, 6) is 0. The second-order valence-electron chi connectivity index (χ2n) is 1.84. The van der Waals surface area contributed by atoms with E-state index in [4.69, 9.17) is 1.37 Å². The van der Waals surface area contributed by atoms with Gasteiger partial charge in [0.1, 0.15) is 0 Å². The van der Waals surface area contributed by atoms with Crippen molar-refractivity contribution >= 4 is 0 Å². The first-order valence-electron chi connectivity index (χ1n) is 2.97. The van der Waals surface area contributed by atoms with Gasteiger partial charge in [0.2, 0.25) is 0 Å². The molecule has 0 radical (unpaired) electrons. The zero-order valence-corrected chi connectivity index (χ0v) is 4.15. The van der Waals surface area contributed by atoms with Crippen LogP contribution in [0.5, 0.6) is 0 Å². The first kappa shape index (κ1) is 3.03. The van der Waals surface area contributed by atoms with Crippen molar-refractivity contribution in [2.45, 2.75) is 12.8 Å². The van der Waals surface area contributed by atoms with Crippen molar-refractivity contribution in [1.29, 1.82) is 0 Å². The fourth-order valence-electron chi connectivity index (χ4n) is 0.715. The predicted octanol–water partition coefficient (Wildman–Crippen LogP) is 0.712. The number of hydrogen-bond donors (Lipinski definition) is 0. The first-order chi connectivity index (χ1) is 3.29. The van der Waals surface area contributed by atoms with Crippen LogP contribution in [0.4, 0.5) is 0 Å². The summed E-state index contributed by atoms with van der Waals surface area (Å²) in [6.07, 6.45) is 1.27. The molecule has 1 rings (SSSR count). The molecule has 6 heavy (non-hydrogen) atoms. The lowest BCUT2D eigenvalue weighted by molar-refractivity contribution is 0.418. The van der Waals surface area contributed by atoms with Crippen molar-refractivity contribution in [2.24, 2.45) is 0 Å². The summed E-state index contributed by atoms with van der Waals surface area (Å²) in [4.78, 5) is 2.19. The van der Waals surface area contributed by atoms with Crippen molar-refractivity contribution in [2.75, 3.05) is 20.1 Å². The van der Waals surface area contributed by atoms with E-state index >= 15 is 0 Å². The van der Waals surface area contributed by atoms with Gasteiger partial charge in [-0.3, -0.25) is 0 Å². The Bertz CT molecular complexity index is 57.1. The minimum absolute atomic E-state index is 0.199. The third-order valence-electron chi connectivity index (χ3n) is 1.16. The van der Waals surface area contributed by atoms with Crippen LogP contribution in [-0.4, -0.2) is 25.0 Å². The molecule has 1 atom stereocenters. The van der Waals surface area contributed by atoms with Crippen LogP contribution >= 0.6 is 0 Å². The molecule has 0 amide bonds. The molecule has 0 saturated carbocycles. The van der Waals surface area contributed by atoms with Crippen LogP contribution < -0.4 is 0 Å². The monoisotopic (exact) mass is 86.1 g/mol. The normalized spacial score (nSPS) is 40.2. The average Bonchev–Trinajstić information content (AvgIpc) is 1.87. The molecule has 1 heteroatoms. The Balaban J connectivity index is 2.26. The number of likely N-dealkylation sites (tertiary alicyclic amines) is 1.